The van der Waals surface area contributed by atoms with Crippen molar-refractivity contribution in [3.63, 3.8) is 0 Å². The molecule has 0 spiro atoms. The predicted octanol–water partition coefficient (Wildman–Crippen LogP) is 1.15. The van der Waals surface area contributed by atoms with Crippen LogP contribution in [0.2, 0.25) is 0 Å². The van der Waals surface area contributed by atoms with Gasteiger partial charge in [0.2, 0.25) is 5.91 Å². The lowest BCUT2D eigenvalue weighted by Crippen LogP contribution is -2.43. The summed E-state index contributed by atoms with van der Waals surface area (Å²) in [7, 11) is 0. The number of aryl methyl sites for hydroxylation is 1. The van der Waals surface area contributed by atoms with Crippen molar-refractivity contribution in [2.24, 2.45) is 0 Å². The first-order chi connectivity index (χ1) is 9.88. The number of ether oxygens (including phenoxy) is 1. The van der Waals surface area contributed by atoms with Crippen molar-refractivity contribution < 1.29 is 24.2 Å². The van der Waals surface area contributed by atoms with Gasteiger partial charge in [-0.05, 0) is 40.5 Å². The fourth-order valence-electron chi connectivity index (χ4n) is 1.32. The van der Waals surface area contributed by atoms with Crippen LogP contribution in [0.1, 0.15) is 18.4 Å². The zero-order valence-corrected chi connectivity index (χ0v) is 12.9. The maximum atomic E-state index is 11.5. The van der Waals surface area contributed by atoms with E-state index in [1.54, 1.807) is 6.07 Å². The van der Waals surface area contributed by atoms with E-state index in [1.165, 1.54) is 0 Å². The molecule has 3 N–H and O–H groups in total. The van der Waals surface area contributed by atoms with Crippen LogP contribution in [0, 0.1) is 6.92 Å². The first-order valence-corrected chi connectivity index (χ1v) is 6.86. The zero-order valence-electron chi connectivity index (χ0n) is 11.3. The van der Waals surface area contributed by atoms with Crippen LogP contribution in [-0.4, -0.2) is 29.5 Å². The minimum Gasteiger partial charge on any atom is -0.483 e. The quantitative estimate of drug-likeness (QED) is 0.661. The molecule has 1 aromatic rings. The normalized spacial score (nSPS) is 9.81. The number of amides is 2. The van der Waals surface area contributed by atoms with Gasteiger partial charge in [-0.3, -0.25) is 25.2 Å². The summed E-state index contributed by atoms with van der Waals surface area (Å²) in [4.78, 5) is 32.9. The maximum absolute atomic E-state index is 11.5. The molecular formula is C13H15BrN2O5. The molecule has 0 fully saturated rings. The van der Waals surface area contributed by atoms with Gasteiger partial charge in [0.25, 0.3) is 5.91 Å². The van der Waals surface area contributed by atoms with Crippen molar-refractivity contribution in [3.05, 3.63) is 28.2 Å². The van der Waals surface area contributed by atoms with Crippen molar-refractivity contribution >= 4 is 33.7 Å². The van der Waals surface area contributed by atoms with Crippen molar-refractivity contribution in [2.75, 3.05) is 6.61 Å². The van der Waals surface area contributed by atoms with Gasteiger partial charge < -0.3 is 9.84 Å². The highest BCUT2D eigenvalue weighted by Crippen LogP contribution is 2.25. The summed E-state index contributed by atoms with van der Waals surface area (Å²) in [5.41, 5.74) is 5.29. The number of hydrazine groups is 1. The van der Waals surface area contributed by atoms with E-state index < -0.39 is 17.8 Å². The molecule has 0 aliphatic rings. The minimum absolute atomic E-state index is 0.208. The summed E-state index contributed by atoms with van der Waals surface area (Å²) < 4.78 is 6.00. The van der Waals surface area contributed by atoms with Gasteiger partial charge in [-0.1, -0.05) is 6.07 Å². The van der Waals surface area contributed by atoms with Gasteiger partial charge in [0.15, 0.2) is 6.61 Å². The monoisotopic (exact) mass is 358 g/mol. The van der Waals surface area contributed by atoms with E-state index in [9.17, 15) is 14.4 Å². The fourth-order valence-corrected chi connectivity index (χ4v) is 1.93. The van der Waals surface area contributed by atoms with Crippen molar-refractivity contribution in [1.29, 1.82) is 0 Å². The van der Waals surface area contributed by atoms with E-state index in [-0.39, 0.29) is 19.4 Å². The molecule has 114 valence electrons. The highest BCUT2D eigenvalue weighted by Gasteiger charge is 2.08. The SMILES string of the molecule is Cc1ccc(OCC(=O)NNC(=O)CCC(=O)O)c(Br)c1. The van der Waals surface area contributed by atoms with Crippen molar-refractivity contribution in [2.45, 2.75) is 19.8 Å². The number of aliphatic carboxylic acids is 1. The number of carbonyl (C=O) groups excluding carboxylic acids is 2. The van der Waals surface area contributed by atoms with Gasteiger partial charge in [-0.15, -0.1) is 0 Å². The molecule has 0 bridgehead atoms. The van der Waals surface area contributed by atoms with Gasteiger partial charge in [-0.2, -0.15) is 0 Å². The molecule has 1 aromatic carbocycles. The summed E-state index contributed by atoms with van der Waals surface area (Å²) in [6.45, 7) is 1.65. The molecule has 21 heavy (non-hydrogen) atoms. The van der Waals surface area contributed by atoms with E-state index >= 15 is 0 Å². The Morgan fingerprint density at radius 3 is 2.48 bits per heavy atom. The van der Waals surface area contributed by atoms with Crippen LogP contribution in [0.4, 0.5) is 0 Å². The lowest BCUT2D eigenvalue weighted by Gasteiger charge is -2.10. The first-order valence-electron chi connectivity index (χ1n) is 6.07. The van der Waals surface area contributed by atoms with Crippen molar-refractivity contribution in [3.8, 4) is 5.75 Å². The van der Waals surface area contributed by atoms with Crippen LogP contribution >= 0.6 is 15.9 Å². The standard InChI is InChI=1S/C13H15BrN2O5/c1-8-2-3-10(9(14)6-8)21-7-12(18)16-15-11(17)4-5-13(19)20/h2-3,6H,4-5,7H2,1H3,(H,15,17)(H,16,18)(H,19,20). The third-order valence-electron chi connectivity index (χ3n) is 2.35. The predicted molar refractivity (Wildman–Crippen MR) is 77.5 cm³/mol. The molecule has 0 heterocycles. The number of hydrogen-bond donors (Lipinski definition) is 3. The molecule has 0 aromatic heterocycles. The van der Waals surface area contributed by atoms with Gasteiger partial charge in [0, 0.05) is 6.42 Å². The largest absolute Gasteiger partial charge is 0.483 e. The molecule has 2 amide bonds. The topological polar surface area (TPSA) is 105 Å². The third kappa shape index (κ3) is 6.75. The number of carboxylic acid groups (broad SMARTS) is 1. The van der Waals surface area contributed by atoms with E-state index in [0.717, 1.165) is 10.0 Å². The molecule has 0 radical (unpaired) electrons. The Hall–Kier alpha value is -2.09. The van der Waals surface area contributed by atoms with Crippen LogP contribution in [-0.2, 0) is 14.4 Å². The Bertz CT molecular complexity index is 547. The highest BCUT2D eigenvalue weighted by atomic mass is 79.9. The molecule has 8 heteroatoms. The van der Waals surface area contributed by atoms with Gasteiger partial charge in [0.1, 0.15) is 5.75 Å². The lowest BCUT2D eigenvalue weighted by atomic mass is 10.2. The number of hydrogen-bond acceptors (Lipinski definition) is 4. The Labute approximate surface area is 129 Å². The number of benzene rings is 1. The molecular weight excluding hydrogens is 344 g/mol. The number of rotatable bonds is 6. The number of carboxylic acids is 1. The maximum Gasteiger partial charge on any atom is 0.303 e. The Morgan fingerprint density at radius 2 is 1.86 bits per heavy atom. The molecule has 1 rings (SSSR count). The Kier molecular flexibility index (Phi) is 6.67. The summed E-state index contributed by atoms with van der Waals surface area (Å²) in [5.74, 6) is -1.70. The second-order valence-corrected chi connectivity index (χ2v) is 5.07. The third-order valence-corrected chi connectivity index (χ3v) is 2.97. The van der Waals surface area contributed by atoms with E-state index in [1.807, 2.05) is 19.1 Å². The van der Waals surface area contributed by atoms with Crippen LogP contribution in [0.15, 0.2) is 22.7 Å². The summed E-state index contributed by atoms with van der Waals surface area (Å²) >= 11 is 3.31. The number of halogens is 1. The minimum atomic E-state index is -1.08. The van der Waals surface area contributed by atoms with E-state index in [0.29, 0.717) is 5.75 Å². The fraction of sp³-hybridized carbons (Fsp3) is 0.308. The highest BCUT2D eigenvalue weighted by molar-refractivity contribution is 9.10. The van der Waals surface area contributed by atoms with E-state index in [4.69, 9.17) is 9.84 Å². The van der Waals surface area contributed by atoms with Gasteiger partial charge in [0.05, 0.1) is 10.9 Å². The second kappa shape index (κ2) is 8.25. The first kappa shape index (κ1) is 17.0. The van der Waals surface area contributed by atoms with Crippen LogP contribution in [0.5, 0.6) is 5.75 Å². The van der Waals surface area contributed by atoms with Gasteiger partial charge >= 0.3 is 5.97 Å². The molecule has 0 unspecified atom stereocenters. The smallest absolute Gasteiger partial charge is 0.303 e. The molecule has 7 nitrogen and oxygen atoms in total. The van der Waals surface area contributed by atoms with Crippen LogP contribution in [0.25, 0.3) is 0 Å². The summed E-state index contributed by atoms with van der Waals surface area (Å²) in [6, 6.07) is 5.41. The van der Waals surface area contributed by atoms with Crippen molar-refractivity contribution in [1.82, 2.24) is 10.9 Å². The molecule has 0 saturated carbocycles. The average Bonchev–Trinajstić information content (AvgIpc) is 2.41. The zero-order chi connectivity index (χ0) is 15.8. The summed E-state index contributed by atoms with van der Waals surface area (Å²) in [5, 5.41) is 8.40. The van der Waals surface area contributed by atoms with E-state index in [2.05, 4.69) is 26.8 Å². The van der Waals surface area contributed by atoms with Gasteiger partial charge in [-0.25, -0.2) is 0 Å². The second-order valence-electron chi connectivity index (χ2n) is 4.21. The molecule has 0 saturated heterocycles. The molecule has 0 atom stereocenters. The molecule has 0 aliphatic heterocycles. The number of carbonyl (C=O) groups is 3. The lowest BCUT2D eigenvalue weighted by molar-refractivity contribution is -0.139. The molecule has 0 aliphatic carbocycles. The van der Waals surface area contributed by atoms with Crippen LogP contribution < -0.4 is 15.6 Å². The summed E-state index contributed by atoms with van der Waals surface area (Å²) in [6.07, 6.45) is -0.505. The average molecular weight is 359 g/mol. The Balaban J connectivity index is 2.31. The number of nitrogens with one attached hydrogen (secondary N) is 2. The van der Waals surface area contributed by atoms with Crippen LogP contribution in [0.3, 0.4) is 0 Å². The Morgan fingerprint density at radius 1 is 1.19 bits per heavy atom.